The van der Waals surface area contributed by atoms with Crippen molar-refractivity contribution in [1.29, 1.82) is 0 Å². The van der Waals surface area contributed by atoms with Crippen molar-refractivity contribution in [3.8, 4) is 0 Å². The molecule has 0 radical (unpaired) electrons. The summed E-state index contributed by atoms with van der Waals surface area (Å²) in [6.45, 7) is 0.844. The van der Waals surface area contributed by atoms with Crippen LogP contribution in [-0.4, -0.2) is 36.6 Å². The summed E-state index contributed by atoms with van der Waals surface area (Å²) in [6.07, 6.45) is -0.0731. The molecule has 0 bridgehead atoms. The summed E-state index contributed by atoms with van der Waals surface area (Å²) in [5.74, 6) is -1.11. The minimum Gasteiger partial charge on any atom is -0.469 e. The summed E-state index contributed by atoms with van der Waals surface area (Å²) < 4.78 is 8.84. The van der Waals surface area contributed by atoms with Gasteiger partial charge in [0.25, 0.3) is 0 Å². The number of rotatable bonds is 6. The predicted molar refractivity (Wildman–Crippen MR) is 48.7 cm³/mol. The summed E-state index contributed by atoms with van der Waals surface area (Å²) in [7, 11) is 1.20. The Kier molecular flexibility index (Phi) is 6.00. The highest BCUT2D eigenvalue weighted by Gasteiger charge is 2.22. The quantitative estimate of drug-likeness (QED) is 0.358. The maximum absolute atomic E-state index is 10.7. The van der Waals surface area contributed by atoms with Crippen molar-refractivity contribution in [3.63, 3.8) is 0 Å². The van der Waals surface area contributed by atoms with E-state index >= 15 is 0 Å². The van der Waals surface area contributed by atoms with E-state index in [0.29, 0.717) is 0 Å². The van der Waals surface area contributed by atoms with E-state index in [1.807, 2.05) is 0 Å². The summed E-state index contributed by atoms with van der Waals surface area (Å²) >= 11 is 0. The number of ether oxygens (including phenoxy) is 2. The lowest BCUT2D eigenvalue weighted by molar-refractivity contribution is -0.526. The molecule has 86 valence electrons. The lowest BCUT2D eigenvalue weighted by Gasteiger charge is -2.08. The van der Waals surface area contributed by atoms with Crippen molar-refractivity contribution >= 4 is 11.9 Å². The molecular formula is C8H13NO6. The van der Waals surface area contributed by atoms with Crippen LogP contribution in [-0.2, 0) is 19.1 Å². The summed E-state index contributed by atoms with van der Waals surface area (Å²) in [4.78, 5) is 31.1. The van der Waals surface area contributed by atoms with E-state index < -0.39 is 22.9 Å². The van der Waals surface area contributed by atoms with E-state index in [9.17, 15) is 19.7 Å². The number of esters is 2. The zero-order chi connectivity index (χ0) is 11.8. The molecule has 7 heteroatoms. The lowest BCUT2D eigenvalue weighted by atomic mass is 10.2. The van der Waals surface area contributed by atoms with Gasteiger partial charge in [0, 0.05) is 18.3 Å². The normalized spacial score (nSPS) is 11.6. The van der Waals surface area contributed by atoms with E-state index in [-0.39, 0.29) is 19.4 Å². The van der Waals surface area contributed by atoms with Gasteiger partial charge in [-0.15, -0.1) is 0 Å². The molecule has 0 saturated carbocycles. The molecule has 0 amide bonds. The number of nitrogens with zero attached hydrogens (tertiary/aromatic N) is 1. The van der Waals surface area contributed by atoms with E-state index in [1.165, 1.54) is 7.11 Å². The summed E-state index contributed by atoms with van der Waals surface area (Å²) in [6, 6.07) is -1.06. The number of carbonyl (C=O) groups is 2. The van der Waals surface area contributed by atoms with Crippen molar-refractivity contribution in [2.24, 2.45) is 0 Å². The van der Waals surface area contributed by atoms with Crippen LogP contribution in [0.2, 0.25) is 0 Å². The highest BCUT2D eigenvalue weighted by molar-refractivity contribution is 5.69. The van der Waals surface area contributed by atoms with Gasteiger partial charge in [0.2, 0.25) is 6.04 Å². The Morgan fingerprint density at radius 2 is 2.07 bits per heavy atom. The van der Waals surface area contributed by atoms with Crippen LogP contribution in [0.1, 0.15) is 19.8 Å². The van der Waals surface area contributed by atoms with Crippen LogP contribution in [0.4, 0.5) is 0 Å². The first kappa shape index (κ1) is 13.3. The van der Waals surface area contributed by atoms with Crippen molar-refractivity contribution < 1.29 is 24.0 Å². The number of nitro groups is 1. The molecular weight excluding hydrogens is 206 g/mol. The molecule has 0 aromatic rings. The molecule has 0 N–H and O–H groups in total. The molecule has 0 aliphatic rings. The fourth-order valence-electron chi connectivity index (χ4n) is 0.850. The molecule has 0 aromatic heterocycles. The third-order valence-corrected chi connectivity index (χ3v) is 1.69. The minimum absolute atomic E-state index is 0.00699. The molecule has 0 rings (SSSR count). The zero-order valence-electron chi connectivity index (χ0n) is 8.60. The van der Waals surface area contributed by atoms with Crippen LogP contribution in [0.5, 0.6) is 0 Å². The van der Waals surface area contributed by atoms with Crippen molar-refractivity contribution in [1.82, 2.24) is 0 Å². The SMILES string of the molecule is COC(=O)CCC(COC(C)=O)[N+](=O)[O-]. The topological polar surface area (TPSA) is 95.7 Å². The van der Waals surface area contributed by atoms with Crippen LogP contribution in [0.15, 0.2) is 0 Å². The van der Waals surface area contributed by atoms with Gasteiger partial charge in [-0.05, 0) is 0 Å². The van der Waals surface area contributed by atoms with Gasteiger partial charge in [-0.1, -0.05) is 0 Å². The van der Waals surface area contributed by atoms with Crippen molar-refractivity contribution in [3.05, 3.63) is 10.1 Å². The monoisotopic (exact) mass is 219 g/mol. The van der Waals surface area contributed by atoms with E-state index in [0.717, 1.165) is 6.92 Å². The largest absolute Gasteiger partial charge is 0.469 e. The second kappa shape index (κ2) is 6.74. The summed E-state index contributed by atoms with van der Waals surface area (Å²) in [5, 5.41) is 10.5. The smallest absolute Gasteiger partial charge is 0.305 e. The van der Waals surface area contributed by atoms with Gasteiger partial charge in [0.15, 0.2) is 6.61 Å². The number of methoxy groups -OCH3 is 1. The molecule has 0 heterocycles. The minimum atomic E-state index is -1.06. The molecule has 0 aromatic carbocycles. The zero-order valence-corrected chi connectivity index (χ0v) is 8.60. The maximum atomic E-state index is 10.7. The second-order valence-electron chi connectivity index (χ2n) is 2.86. The third-order valence-electron chi connectivity index (χ3n) is 1.69. The first-order valence-electron chi connectivity index (χ1n) is 4.31. The molecule has 0 spiro atoms. The molecule has 0 aliphatic heterocycles. The van der Waals surface area contributed by atoms with Crippen LogP contribution >= 0.6 is 0 Å². The number of hydrogen-bond donors (Lipinski definition) is 0. The molecule has 0 aliphatic carbocycles. The van der Waals surface area contributed by atoms with Gasteiger partial charge < -0.3 is 9.47 Å². The molecule has 15 heavy (non-hydrogen) atoms. The molecule has 7 nitrogen and oxygen atoms in total. The number of carbonyl (C=O) groups excluding carboxylic acids is 2. The first-order chi connectivity index (χ1) is 6.97. The van der Waals surface area contributed by atoms with E-state index in [4.69, 9.17) is 0 Å². The van der Waals surface area contributed by atoms with Gasteiger partial charge in [0.1, 0.15) is 0 Å². The van der Waals surface area contributed by atoms with Crippen molar-refractivity contribution in [2.45, 2.75) is 25.8 Å². The third kappa shape index (κ3) is 6.42. The van der Waals surface area contributed by atoms with Crippen LogP contribution in [0, 0.1) is 10.1 Å². The van der Waals surface area contributed by atoms with Gasteiger partial charge >= 0.3 is 11.9 Å². The molecule has 1 unspecified atom stereocenters. The van der Waals surface area contributed by atoms with Crippen LogP contribution < -0.4 is 0 Å². The second-order valence-corrected chi connectivity index (χ2v) is 2.86. The Morgan fingerprint density at radius 3 is 2.47 bits per heavy atom. The average Bonchev–Trinajstić information content (AvgIpc) is 2.16. The molecule has 0 fully saturated rings. The highest BCUT2D eigenvalue weighted by Crippen LogP contribution is 2.03. The predicted octanol–water partition coefficient (Wildman–Crippen LogP) is 0.148. The Morgan fingerprint density at radius 1 is 1.47 bits per heavy atom. The van der Waals surface area contributed by atoms with Gasteiger partial charge in [-0.2, -0.15) is 0 Å². The van der Waals surface area contributed by atoms with Gasteiger partial charge in [0.05, 0.1) is 13.5 Å². The van der Waals surface area contributed by atoms with E-state index in [1.54, 1.807) is 0 Å². The maximum Gasteiger partial charge on any atom is 0.305 e. The van der Waals surface area contributed by atoms with E-state index in [2.05, 4.69) is 9.47 Å². The first-order valence-corrected chi connectivity index (χ1v) is 4.31. The Bertz CT molecular complexity index is 252. The molecule has 0 saturated heterocycles. The Balaban J connectivity index is 3.99. The standard InChI is InChI=1S/C8H13NO6/c1-6(10)15-5-7(9(12)13)3-4-8(11)14-2/h7H,3-5H2,1-2H3. The van der Waals surface area contributed by atoms with Crippen molar-refractivity contribution in [2.75, 3.05) is 13.7 Å². The van der Waals surface area contributed by atoms with Gasteiger partial charge in [-0.3, -0.25) is 19.7 Å². The lowest BCUT2D eigenvalue weighted by Crippen LogP contribution is -2.27. The number of hydrogen-bond acceptors (Lipinski definition) is 6. The fraction of sp³-hybridized carbons (Fsp3) is 0.750. The average molecular weight is 219 g/mol. The Labute approximate surface area is 86.5 Å². The highest BCUT2D eigenvalue weighted by atomic mass is 16.6. The van der Waals surface area contributed by atoms with Crippen LogP contribution in [0.25, 0.3) is 0 Å². The fourth-order valence-corrected chi connectivity index (χ4v) is 0.850. The van der Waals surface area contributed by atoms with Gasteiger partial charge in [-0.25, -0.2) is 0 Å². The Hall–Kier alpha value is -1.66. The summed E-state index contributed by atoms with van der Waals surface area (Å²) in [5.41, 5.74) is 0. The van der Waals surface area contributed by atoms with Crippen LogP contribution in [0.3, 0.4) is 0 Å². The molecule has 1 atom stereocenters.